The fraction of sp³-hybridized carbons (Fsp3) is 0.409. The van der Waals surface area contributed by atoms with E-state index < -0.39 is 21.9 Å². The van der Waals surface area contributed by atoms with Gasteiger partial charge in [-0.1, -0.05) is 12.5 Å². The first-order chi connectivity index (χ1) is 15.8. The fourth-order valence-corrected chi connectivity index (χ4v) is 5.06. The van der Waals surface area contributed by atoms with E-state index in [1.165, 1.54) is 18.8 Å². The smallest absolute Gasteiger partial charge is 0.243 e. The number of anilines is 1. The summed E-state index contributed by atoms with van der Waals surface area (Å²) in [6, 6.07) is 7.09. The molecule has 2 N–H and O–H groups in total. The van der Waals surface area contributed by atoms with Gasteiger partial charge < -0.3 is 14.6 Å². The van der Waals surface area contributed by atoms with Crippen LogP contribution in [0.2, 0.25) is 0 Å². The summed E-state index contributed by atoms with van der Waals surface area (Å²) in [5.41, 5.74) is 1.97. The normalized spacial score (nSPS) is 15.0. The third-order valence-corrected chi connectivity index (χ3v) is 7.03. The summed E-state index contributed by atoms with van der Waals surface area (Å²) in [7, 11) is -0.904. The van der Waals surface area contributed by atoms with E-state index >= 15 is 0 Å². The van der Waals surface area contributed by atoms with E-state index in [2.05, 4.69) is 19.9 Å². The minimum absolute atomic E-state index is 0.00249. The Hall–Kier alpha value is -3.18. The summed E-state index contributed by atoms with van der Waals surface area (Å²) >= 11 is 0. The number of para-hydroxylation sites is 1. The molecular weight excluding hydrogens is 446 g/mol. The Balaban J connectivity index is 1.82. The quantitative estimate of drug-likeness (QED) is 0.485. The Bertz CT molecular complexity index is 1220. The van der Waals surface area contributed by atoms with Gasteiger partial charge in [0.05, 0.1) is 26.1 Å². The minimum Gasteiger partial charge on any atom is -0.494 e. The number of hydrogen-bond acceptors (Lipinski definition) is 8. The first-order valence-corrected chi connectivity index (χ1v) is 12.3. The Morgan fingerprint density at radius 2 is 1.88 bits per heavy atom. The molecule has 10 nitrogen and oxygen atoms in total. The van der Waals surface area contributed by atoms with Crippen molar-refractivity contribution in [3.8, 4) is 28.6 Å². The van der Waals surface area contributed by atoms with E-state index in [0.29, 0.717) is 28.6 Å². The average Bonchev–Trinajstić information content (AvgIpc) is 3.13. The SMILES string of the molecule is COc1cccc(OC)c1-n1c(NS(=O)(=O)CC(O)C2CCC2)nnc1-c1cncc(C)c1. The van der Waals surface area contributed by atoms with Gasteiger partial charge in [-0.05, 0) is 49.4 Å². The largest absolute Gasteiger partial charge is 0.494 e. The highest BCUT2D eigenvalue weighted by atomic mass is 32.2. The molecule has 33 heavy (non-hydrogen) atoms. The summed E-state index contributed by atoms with van der Waals surface area (Å²) in [5, 5.41) is 18.7. The Labute approximate surface area is 192 Å². The van der Waals surface area contributed by atoms with Crippen LogP contribution in [0.15, 0.2) is 36.7 Å². The summed E-state index contributed by atoms with van der Waals surface area (Å²) in [4.78, 5) is 4.22. The summed E-state index contributed by atoms with van der Waals surface area (Å²) in [6.45, 7) is 1.90. The average molecular weight is 474 g/mol. The molecule has 0 amide bonds. The predicted octanol–water partition coefficient (Wildman–Crippen LogP) is 2.56. The van der Waals surface area contributed by atoms with Gasteiger partial charge in [-0.15, -0.1) is 10.2 Å². The highest BCUT2D eigenvalue weighted by Gasteiger charge is 2.31. The summed E-state index contributed by atoms with van der Waals surface area (Å²) in [5.74, 6) is 0.760. The van der Waals surface area contributed by atoms with Crippen LogP contribution in [0.3, 0.4) is 0 Å². The lowest BCUT2D eigenvalue weighted by atomic mass is 9.82. The number of benzene rings is 1. The van der Waals surface area contributed by atoms with Gasteiger partial charge in [-0.25, -0.2) is 8.42 Å². The molecule has 1 aliphatic rings. The second-order valence-corrected chi connectivity index (χ2v) is 9.85. The molecule has 2 aromatic heterocycles. The predicted molar refractivity (Wildman–Crippen MR) is 123 cm³/mol. The molecule has 4 rings (SSSR count). The zero-order chi connectivity index (χ0) is 23.6. The van der Waals surface area contributed by atoms with Crippen LogP contribution in [0.25, 0.3) is 17.1 Å². The lowest BCUT2D eigenvalue weighted by Crippen LogP contribution is -2.35. The van der Waals surface area contributed by atoms with Crippen molar-refractivity contribution in [1.82, 2.24) is 19.7 Å². The van der Waals surface area contributed by atoms with Crippen LogP contribution in [0, 0.1) is 12.8 Å². The van der Waals surface area contributed by atoms with Gasteiger partial charge in [-0.3, -0.25) is 14.3 Å². The lowest BCUT2D eigenvalue weighted by Gasteiger charge is -2.30. The zero-order valence-corrected chi connectivity index (χ0v) is 19.5. The van der Waals surface area contributed by atoms with E-state index in [9.17, 15) is 13.5 Å². The van der Waals surface area contributed by atoms with Crippen LogP contribution >= 0.6 is 0 Å². The number of aryl methyl sites for hydroxylation is 1. The third kappa shape index (κ3) is 4.79. The highest BCUT2D eigenvalue weighted by Crippen LogP contribution is 2.38. The second-order valence-electron chi connectivity index (χ2n) is 8.09. The van der Waals surface area contributed by atoms with Crippen molar-refractivity contribution in [2.75, 3.05) is 24.7 Å². The standard InChI is InChI=1S/C22H27N5O5S/c1-14-10-16(12-23-11-14)21-24-25-22(26-33(29,30)13-17(28)15-6-4-7-15)27(21)20-18(31-2)8-5-9-19(20)32-3/h5,8-12,15,17,28H,4,6-7,13H2,1-3H3,(H,25,26). The number of hydrogen-bond donors (Lipinski definition) is 2. The number of sulfonamides is 1. The number of nitrogens with one attached hydrogen (secondary N) is 1. The van der Waals surface area contributed by atoms with Gasteiger partial charge in [0, 0.05) is 18.0 Å². The molecule has 1 aromatic carbocycles. The summed E-state index contributed by atoms with van der Waals surface area (Å²) in [6.07, 6.45) is 5.05. The fourth-order valence-electron chi connectivity index (χ4n) is 3.84. The van der Waals surface area contributed by atoms with Crippen LogP contribution in [0.5, 0.6) is 11.5 Å². The monoisotopic (exact) mass is 473 g/mol. The van der Waals surface area contributed by atoms with Crippen molar-refractivity contribution >= 4 is 16.0 Å². The number of pyridine rings is 1. The molecule has 0 bridgehead atoms. The van der Waals surface area contributed by atoms with Crippen molar-refractivity contribution in [2.45, 2.75) is 32.3 Å². The Morgan fingerprint density at radius 1 is 1.18 bits per heavy atom. The maximum absolute atomic E-state index is 12.9. The highest BCUT2D eigenvalue weighted by molar-refractivity contribution is 7.92. The topological polar surface area (TPSA) is 128 Å². The maximum atomic E-state index is 12.9. The number of methoxy groups -OCH3 is 2. The van der Waals surface area contributed by atoms with Crippen LogP contribution in [0.1, 0.15) is 24.8 Å². The first kappa shape index (κ1) is 23.0. The number of aromatic nitrogens is 4. The van der Waals surface area contributed by atoms with E-state index in [1.54, 1.807) is 30.6 Å². The van der Waals surface area contributed by atoms with Crippen molar-refractivity contribution in [1.29, 1.82) is 0 Å². The van der Waals surface area contributed by atoms with Gasteiger partial charge in [0.1, 0.15) is 17.2 Å². The molecule has 0 spiro atoms. The van der Waals surface area contributed by atoms with Crippen LogP contribution in [0.4, 0.5) is 5.95 Å². The Kier molecular flexibility index (Phi) is 6.52. The van der Waals surface area contributed by atoms with E-state index in [-0.39, 0.29) is 11.9 Å². The zero-order valence-electron chi connectivity index (χ0n) is 18.7. The molecule has 1 atom stereocenters. The van der Waals surface area contributed by atoms with Gasteiger partial charge >= 0.3 is 0 Å². The third-order valence-electron chi connectivity index (χ3n) is 5.75. The van der Waals surface area contributed by atoms with Crippen molar-refractivity contribution in [2.24, 2.45) is 5.92 Å². The Morgan fingerprint density at radius 3 is 2.45 bits per heavy atom. The lowest BCUT2D eigenvalue weighted by molar-refractivity contribution is 0.0804. The van der Waals surface area contributed by atoms with E-state index in [4.69, 9.17) is 9.47 Å². The molecule has 0 radical (unpaired) electrons. The molecule has 0 aliphatic heterocycles. The number of ether oxygens (including phenoxy) is 2. The second kappa shape index (κ2) is 9.36. The molecule has 2 heterocycles. The molecule has 1 unspecified atom stereocenters. The van der Waals surface area contributed by atoms with Crippen molar-refractivity contribution < 1.29 is 23.0 Å². The maximum Gasteiger partial charge on any atom is 0.243 e. The molecule has 11 heteroatoms. The molecular formula is C22H27N5O5S. The van der Waals surface area contributed by atoms with Crippen LogP contribution in [-0.4, -0.2) is 59.3 Å². The van der Waals surface area contributed by atoms with Crippen LogP contribution < -0.4 is 14.2 Å². The van der Waals surface area contributed by atoms with Gasteiger partial charge in [-0.2, -0.15) is 0 Å². The van der Waals surface area contributed by atoms with Gasteiger partial charge in [0.15, 0.2) is 5.82 Å². The van der Waals surface area contributed by atoms with Crippen molar-refractivity contribution in [3.63, 3.8) is 0 Å². The van der Waals surface area contributed by atoms with Crippen molar-refractivity contribution in [3.05, 3.63) is 42.2 Å². The minimum atomic E-state index is -3.92. The van der Waals surface area contributed by atoms with E-state index in [0.717, 1.165) is 24.8 Å². The molecule has 1 fully saturated rings. The number of aliphatic hydroxyl groups is 1. The molecule has 1 saturated carbocycles. The first-order valence-electron chi connectivity index (χ1n) is 10.6. The van der Waals surface area contributed by atoms with Gasteiger partial charge in [0.25, 0.3) is 0 Å². The molecule has 3 aromatic rings. The van der Waals surface area contributed by atoms with Crippen LogP contribution in [-0.2, 0) is 10.0 Å². The van der Waals surface area contributed by atoms with Gasteiger partial charge in [0.2, 0.25) is 16.0 Å². The number of rotatable bonds is 9. The van der Waals surface area contributed by atoms with E-state index in [1.807, 2.05) is 13.0 Å². The molecule has 0 saturated heterocycles. The summed E-state index contributed by atoms with van der Waals surface area (Å²) < 4.78 is 40.9. The molecule has 1 aliphatic carbocycles. The molecule has 176 valence electrons. The number of aliphatic hydroxyl groups excluding tert-OH is 1. The number of nitrogens with zero attached hydrogens (tertiary/aromatic N) is 4.